The van der Waals surface area contributed by atoms with Crippen LogP contribution in [0.2, 0.25) is 0 Å². The lowest BCUT2D eigenvalue weighted by atomic mass is 10.1. The number of H-pyrrole nitrogens is 1. The number of hydrogen-bond acceptors (Lipinski definition) is 3. The summed E-state index contributed by atoms with van der Waals surface area (Å²) in [6.45, 7) is 2.16. The van der Waals surface area contributed by atoms with Gasteiger partial charge in [0.1, 0.15) is 24.0 Å². The van der Waals surface area contributed by atoms with E-state index in [0.29, 0.717) is 10.0 Å². The van der Waals surface area contributed by atoms with Crippen molar-refractivity contribution in [3.63, 3.8) is 0 Å². The third-order valence-electron chi connectivity index (χ3n) is 4.24. The van der Waals surface area contributed by atoms with Crippen molar-refractivity contribution in [1.82, 2.24) is 9.97 Å². The highest BCUT2D eigenvalue weighted by molar-refractivity contribution is 9.10. The molecule has 136 valence electrons. The van der Waals surface area contributed by atoms with E-state index in [0.717, 1.165) is 34.0 Å². The maximum absolute atomic E-state index is 13.9. The molecule has 4 rings (SSSR count). The van der Waals surface area contributed by atoms with Crippen LogP contribution in [0.5, 0.6) is 5.75 Å². The van der Waals surface area contributed by atoms with Gasteiger partial charge in [-0.1, -0.05) is 22.0 Å². The fourth-order valence-electron chi connectivity index (χ4n) is 2.78. The molecule has 6 heteroatoms. The van der Waals surface area contributed by atoms with Gasteiger partial charge in [0.15, 0.2) is 0 Å². The van der Waals surface area contributed by atoms with Crippen molar-refractivity contribution in [2.24, 2.45) is 0 Å². The zero-order valence-electron chi connectivity index (χ0n) is 14.5. The molecule has 0 fully saturated rings. The van der Waals surface area contributed by atoms with Crippen molar-refractivity contribution in [1.29, 1.82) is 0 Å². The van der Waals surface area contributed by atoms with E-state index < -0.39 is 0 Å². The molecule has 1 N–H and O–H groups in total. The van der Waals surface area contributed by atoms with Gasteiger partial charge in [0, 0.05) is 32.7 Å². The number of aromatic nitrogens is 2. The van der Waals surface area contributed by atoms with E-state index in [2.05, 4.69) is 31.3 Å². The maximum atomic E-state index is 13.9. The molecule has 4 aromatic rings. The number of halogens is 2. The number of thiophene rings is 1. The number of aryl methyl sites for hydroxylation is 1. The molecule has 2 aromatic heterocycles. The van der Waals surface area contributed by atoms with Crippen molar-refractivity contribution in [3.8, 4) is 28.4 Å². The summed E-state index contributed by atoms with van der Waals surface area (Å²) in [5.74, 6) is 1.31. The molecule has 0 radical (unpaired) electrons. The fourth-order valence-corrected chi connectivity index (χ4v) is 3.76. The van der Waals surface area contributed by atoms with E-state index in [1.165, 1.54) is 6.07 Å². The fraction of sp³-hybridized carbons (Fsp3) is 0.0952. The van der Waals surface area contributed by atoms with E-state index in [1.54, 1.807) is 23.5 Å². The van der Waals surface area contributed by atoms with Gasteiger partial charge >= 0.3 is 0 Å². The Bertz CT molecular complexity index is 1080. The minimum absolute atomic E-state index is 0.185. The van der Waals surface area contributed by atoms with Crippen LogP contribution in [0, 0.1) is 12.7 Å². The minimum atomic E-state index is -0.281. The average molecular weight is 443 g/mol. The second kappa shape index (κ2) is 7.66. The number of hydrogen-bond donors (Lipinski definition) is 1. The Hall–Kier alpha value is -2.44. The molecule has 0 unspecified atom stereocenters. The maximum Gasteiger partial charge on any atom is 0.138 e. The number of rotatable bonds is 5. The molecule has 0 atom stereocenters. The molecular weight excluding hydrogens is 427 g/mol. The predicted molar refractivity (Wildman–Crippen MR) is 111 cm³/mol. The standard InChI is InChI=1S/C21H16BrFN2OS/c1-13-8-14(19-10-24-21(25-19)16-6-7-27-12-16)3-5-20(13)26-11-15-2-4-17(22)9-18(15)23/h2-10,12H,11H2,1H3,(H,24,25). The van der Waals surface area contributed by atoms with Crippen molar-refractivity contribution in [3.05, 3.63) is 80.8 Å². The summed E-state index contributed by atoms with van der Waals surface area (Å²) >= 11 is 4.90. The van der Waals surface area contributed by atoms with Crippen LogP contribution in [0.4, 0.5) is 4.39 Å². The van der Waals surface area contributed by atoms with Crippen LogP contribution in [0.3, 0.4) is 0 Å². The zero-order chi connectivity index (χ0) is 18.8. The van der Waals surface area contributed by atoms with Crippen LogP contribution in [0.25, 0.3) is 22.6 Å². The second-order valence-corrected chi connectivity index (χ2v) is 7.85. The molecule has 0 aliphatic carbocycles. The predicted octanol–water partition coefficient (Wildman–Crippen LogP) is 6.59. The quantitative estimate of drug-likeness (QED) is 0.378. The summed E-state index contributed by atoms with van der Waals surface area (Å²) in [6, 6.07) is 12.9. The Morgan fingerprint density at radius 3 is 2.78 bits per heavy atom. The Kier molecular flexibility index (Phi) is 5.09. The summed E-state index contributed by atoms with van der Waals surface area (Å²) in [5, 5.41) is 4.09. The average Bonchev–Trinajstić information content (AvgIpc) is 3.33. The van der Waals surface area contributed by atoms with E-state index in [9.17, 15) is 4.39 Å². The van der Waals surface area contributed by atoms with Gasteiger partial charge in [0.25, 0.3) is 0 Å². The van der Waals surface area contributed by atoms with Crippen molar-refractivity contribution >= 4 is 27.3 Å². The van der Waals surface area contributed by atoms with Crippen molar-refractivity contribution in [2.45, 2.75) is 13.5 Å². The van der Waals surface area contributed by atoms with Crippen LogP contribution < -0.4 is 4.74 Å². The topological polar surface area (TPSA) is 37.9 Å². The first kappa shape index (κ1) is 17.9. The number of benzene rings is 2. The number of nitrogens with one attached hydrogen (secondary N) is 1. The molecule has 3 nitrogen and oxygen atoms in total. The molecule has 0 saturated carbocycles. The van der Waals surface area contributed by atoms with Gasteiger partial charge in [0.05, 0.1) is 5.69 Å². The SMILES string of the molecule is Cc1cc(-c2c[nH]c(-c3ccsc3)n2)ccc1OCc1ccc(Br)cc1F. The van der Waals surface area contributed by atoms with Gasteiger partial charge in [-0.05, 0) is 54.3 Å². The van der Waals surface area contributed by atoms with Gasteiger partial charge in [-0.15, -0.1) is 0 Å². The van der Waals surface area contributed by atoms with E-state index >= 15 is 0 Å². The molecule has 2 aromatic carbocycles. The molecule has 0 saturated heterocycles. The van der Waals surface area contributed by atoms with Gasteiger partial charge < -0.3 is 9.72 Å². The third kappa shape index (κ3) is 3.96. The highest BCUT2D eigenvalue weighted by atomic mass is 79.9. The van der Waals surface area contributed by atoms with Crippen LogP contribution in [-0.2, 0) is 6.61 Å². The lowest BCUT2D eigenvalue weighted by Crippen LogP contribution is -2.00. The lowest BCUT2D eigenvalue weighted by molar-refractivity contribution is 0.298. The van der Waals surface area contributed by atoms with Gasteiger partial charge in [-0.2, -0.15) is 11.3 Å². The molecule has 0 aliphatic rings. The number of ether oxygens (including phenoxy) is 1. The highest BCUT2D eigenvalue weighted by Gasteiger charge is 2.10. The largest absolute Gasteiger partial charge is 0.489 e. The van der Waals surface area contributed by atoms with Crippen LogP contribution in [-0.4, -0.2) is 9.97 Å². The van der Waals surface area contributed by atoms with Crippen LogP contribution >= 0.6 is 27.3 Å². The summed E-state index contributed by atoms with van der Waals surface area (Å²) in [6.07, 6.45) is 1.90. The molecule has 2 heterocycles. The molecular formula is C21H16BrFN2OS. The monoisotopic (exact) mass is 442 g/mol. The first-order valence-corrected chi connectivity index (χ1v) is 10.1. The number of aromatic amines is 1. The zero-order valence-corrected chi connectivity index (χ0v) is 16.9. The highest BCUT2D eigenvalue weighted by Crippen LogP contribution is 2.28. The molecule has 0 spiro atoms. The molecule has 0 aliphatic heterocycles. The number of imidazole rings is 1. The van der Waals surface area contributed by atoms with E-state index in [4.69, 9.17) is 4.74 Å². The summed E-state index contributed by atoms with van der Waals surface area (Å²) in [7, 11) is 0. The second-order valence-electron chi connectivity index (χ2n) is 6.15. The van der Waals surface area contributed by atoms with Gasteiger partial charge in [0.2, 0.25) is 0 Å². The summed E-state index contributed by atoms with van der Waals surface area (Å²) < 4.78 is 20.5. The van der Waals surface area contributed by atoms with Crippen molar-refractivity contribution < 1.29 is 9.13 Å². The van der Waals surface area contributed by atoms with Crippen LogP contribution in [0.1, 0.15) is 11.1 Å². The Morgan fingerprint density at radius 1 is 1.15 bits per heavy atom. The van der Waals surface area contributed by atoms with E-state index in [1.807, 2.05) is 42.8 Å². The minimum Gasteiger partial charge on any atom is -0.489 e. The first-order valence-electron chi connectivity index (χ1n) is 8.36. The molecule has 27 heavy (non-hydrogen) atoms. The summed E-state index contributed by atoms with van der Waals surface area (Å²) in [5.41, 5.74) is 4.47. The smallest absolute Gasteiger partial charge is 0.138 e. The first-order chi connectivity index (χ1) is 13.1. The van der Waals surface area contributed by atoms with Gasteiger partial charge in [-0.25, -0.2) is 9.37 Å². The van der Waals surface area contributed by atoms with Crippen LogP contribution in [0.15, 0.2) is 63.9 Å². The lowest BCUT2D eigenvalue weighted by Gasteiger charge is -2.11. The number of nitrogens with zero attached hydrogens (tertiary/aromatic N) is 1. The Morgan fingerprint density at radius 2 is 2.04 bits per heavy atom. The molecule has 0 bridgehead atoms. The van der Waals surface area contributed by atoms with Crippen molar-refractivity contribution in [2.75, 3.05) is 0 Å². The van der Waals surface area contributed by atoms with Gasteiger partial charge in [-0.3, -0.25) is 0 Å². The Labute approximate surface area is 169 Å². The van der Waals surface area contributed by atoms with E-state index in [-0.39, 0.29) is 12.4 Å². The normalized spacial score (nSPS) is 10.9. The summed E-state index contributed by atoms with van der Waals surface area (Å²) in [4.78, 5) is 7.88. The third-order valence-corrected chi connectivity index (χ3v) is 5.42. The molecule has 0 amide bonds. The Balaban J connectivity index is 1.51.